The minimum absolute atomic E-state index is 0.312. The predicted molar refractivity (Wildman–Crippen MR) is 41.0 cm³/mol. The summed E-state index contributed by atoms with van der Waals surface area (Å²) in [6.07, 6.45) is 3.89. The van der Waals surface area contributed by atoms with E-state index in [9.17, 15) is 5.11 Å². The summed E-state index contributed by atoms with van der Waals surface area (Å²) in [6, 6.07) is 4.70. The van der Waals surface area contributed by atoms with Gasteiger partial charge in [0.15, 0.2) is 0 Å². The fourth-order valence-corrected chi connectivity index (χ4v) is 1.15. The highest BCUT2D eigenvalue weighted by Crippen LogP contribution is 2.22. The quantitative estimate of drug-likeness (QED) is 0.628. The van der Waals surface area contributed by atoms with E-state index in [1.807, 2.05) is 11.0 Å². The first-order chi connectivity index (χ1) is 5.38. The molecular weight excluding hydrogens is 140 g/mol. The van der Waals surface area contributed by atoms with Crippen LogP contribution in [0.4, 0.5) is 5.69 Å². The van der Waals surface area contributed by atoms with Crippen molar-refractivity contribution in [3.05, 3.63) is 24.5 Å². The van der Waals surface area contributed by atoms with E-state index in [4.69, 9.17) is 0 Å². The third kappa shape index (κ3) is 1.07. The first kappa shape index (κ1) is 6.61. The molecule has 1 radical (unpaired) electrons. The monoisotopic (exact) mass is 149 g/mol. The van der Waals surface area contributed by atoms with Crippen molar-refractivity contribution in [2.24, 2.45) is 0 Å². The van der Waals surface area contributed by atoms with E-state index in [-0.39, 0.29) is 6.23 Å². The van der Waals surface area contributed by atoms with Gasteiger partial charge in [0.05, 0.1) is 11.9 Å². The van der Waals surface area contributed by atoms with Crippen LogP contribution in [0.1, 0.15) is 6.42 Å². The molecule has 0 spiro atoms. The number of hydrogen-bond donors (Lipinski definition) is 1. The second kappa shape index (κ2) is 2.51. The third-order valence-corrected chi connectivity index (χ3v) is 1.91. The zero-order valence-electron chi connectivity index (χ0n) is 6.07. The van der Waals surface area contributed by atoms with Crippen molar-refractivity contribution < 1.29 is 5.11 Å². The van der Waals surface area contributed by atoms with Crippen LogP contribution in [-0.4, -0.2) is 22.9 Å². The first-order valence-electron chi connectivity index (χ1n) is 3.64. The van der Waals surface area contributed by atoms with Gasteiger partial charge in [0.1, 0.15) is 6.23 Å². The molecule has 1 saturated heterocycles. The van der Waals surface area contributed by atoms with E-state index in [0.29, 0.717) is 0 Å². The van der Waals surface area contributed by atoms with Crippen LogP contribution in [0.3, 0.4) is 0 Å². The van der Waals surface area contributed by atoms with Crippen molar-refractivity contribution in [3.8, 4) is 0 Å². The molecule has 3 heteroatoms. The zero-order valence-corrected chi connectivity index (χ0v) is 6.07. The third-order valence-electron chi connectivity index (χ3n) is 1.91. The molecule has 1 aliphatic rings. The summed E-state index contributed by atoms with van der Waals surface area (Å²) in [5.41, 5.74) is 0.950. The zero-order chi connectivity index (χ0) is 7.68. The molecule has 3 nitrogen and oxygen atoms in total. The van der Waals surface area contributed by atoms with Crippen LogP contribution in [-0.2, 0) is 0 Å². The Morgan fingerprint density at radius 3 is 3.09 bits per heavy atom. The molecule has 0 aliphatic carbocycles. The van der Waals surface area contributed by atoms with Crippen molar-refractivity contribution in [1.29, 1.82) is 0 Å². The summed E-state index contributed by atoms with van der Waals surface area (Å²) in [5.74, 6) is 0. The Hall–Kier alpha value is -1.09. The first-order valence-corrected chi connectivity index (χ1v) is 3.64. The molecule has 2 rings (SSSR count). The molecule has 1 fully saturated rings. The van der Waals surface area contributed by atoms with E-state index in [1.54, 1.807) is 12.4 Å². The average Bonchev–Trinajstić information content (AvgIpc) is 2.04. The van der Waals surface area contributed by atoms with Gasteiger partial charge >= 0.3 is 0 Å². The lowest BCUT2D eigenvalue weighted by molar-refractivity contribution is 0.113. The van der Waals surface area contributed by atoms with Gasteiger partial charge in [0, 0.05) is 25.2 Å². The van der Waals surface area contributed by atoms with Gasteiger partial charge in [0.25, 0.3) is 0 Å². The highest BCUT2D eigenvalue weighted by atomic mass is 16.3. The molecule has 0 bridgehead atoms. The maximum Gasteiger partial charge on any atom is 0.128 e. The van der Waals surface area contributed by atoms with Crippen molar-refractivity contribution in [2.45, 2.75) is 12.6 Å². The number of hydrogen-bond acceptors (Lipinski definition) is 3. The Bertz CT molecular complexity index is 237. The maximum absolute atomic E-state index is 9.25. The minimum Gasteiger partial charge on any atom is -0.374 e. The summed E-state index contributed by atoms with van der Waals surface area (Å²) in [7, 11) is 0. The molecule has 2 heterocycles. The molecule has 11 heavy (non-hydrogen) atoms. The summed E-state index contributed by atoms with van der Waals surface area (Å²) in [4.78, 5) is 5.81. The SMILES string of the molecule is OC1CCN1c1c[c]cnc1. The number of aromatic nitrogens is 1. The number of nitrogens with zero attached hydrogens (tertiary/aromatic N) is 2. The van der Waals surface area contributed by atoms with E-state index >= 15 is 0 Å². The molecule has 0 amide bonds. The van der Waals surface area contributed by atoms with Crippen LogP contribution < -0.4 is 4.90 Å². The van der Waals surface area contributed by atoms with Crippen molar-refractivity contribution in [2.75, 3.05) is 11.4 Å². The van der Waals surface area contributed by atoms with Crippen LogP contribution in [0.5, 0.6) is 0 Å². The minimum atomic E-state index is -0.312. The topological polar surface area (TPSA) is 36.4 Å². The van der Waals surface area contributed by atoms with Crippen LogP contribution in [0.2, 0.25) is 0 Å². The standard InChI is InChI=1S/C8H9N2O/c11-8-3-5-10(8)7-2-1-4-9-6-7/h2,4,6,8,11H,3,5H2. The van der Waals surface area contributed by atoms with Crippen molar-refractivity contribution >= 4 is 5.69 Å². The molecule has 1 unspecified atom stereocenters. The Morgan fingerprint density at radius 2 is 2.64 bits per heavy atom. The van der Waals surface area contributed by atoms with Gasteiger partial charge in [-0.2, -0.15) is 0 Å². The molecule has 1 aliphatic heterocycles. The number of pyridine rings is 1. The van der Waals surface area contributed by atoms with E-state index in [0.717, 1.165) is 18.7 Å². The normalized spacial score (nSPS) is 23.0. The second-order valence-corrected chi connectivity index (χ2v) is 2.61. The average molecular weight is 149 g/mol. The molecule has 0 saturated carbocycles. The summed E-state index contributed by atoms with van der Waals surface area (Å²) < 4.78 is 0. The van der Waals surface area contributed by atoms with Gasteiger partial charge in [0.2, 0.25) is 0 Å². The predicted octanol–water partition coefficient (Wildman–Crippen LogP) is 0.410. The summed E-state index contributed by atoms with van der Waals surface area (Å²) >= 11 is 0. The number of aliphatic hydroxyl groups excluding tert-OH is 1. The van der Waals surface area contributed by atoms with Gasteiger partial charge < -0.3 is 10.0 Å². The van der Waals surface area contributed by atoms with E-state index in [2.05, 4.69) is 11.1 Å². The molecule has 1 atom stereocenters. The van der Waals surface area contributed by atoms with Crippen LogP contribution in [0.15, 0.2) is 18.5 Å². The van der Waals surface area contributed by atoms with Crippen molar-refractivity contribution in [3.63, 3.8) is 0 Å². The number of rotatable bonds is 1. The van der Waals surface area contributed by atoms with E-state index < -0.39 is 0 Å². The lowest BCUT2D eigenvalue weighted by atomic mass is 10.1. The van der Waals surface area contributed by atoms with Gasteiger partial charge in [-0.05, 0) is 6.07 Å². The van der Waals surface area contributed by atoms with Crippen molar-refractivity contribution in [1.82, 2.24) is 4.98 Å². The number of anilines is 1. The summed E-state index contributed by atoms with van der Waals surface area (Å²) in [6.45, 7) is 0.917. The molecule has 57 valence electrons. The smallest absolute Gasteiger partial charge is 0.128 e. The fourth-order valence-electron chi connectivity index (χ4n) is 1.15. The molecular formula is C8H9N2O. The van der Waals surface area contributed by atoms with Gasteiger partial charge in [-0.3, -0.25) is 4.98 Å². The fraction of sp³-hybridized carbons (Fsp3) is 0.375. The maximum atomic E-state index is 9.25. The van der Waals surface area contributed by atoms with Crippen LogP contribution in [0.25, 0.3) is 0 Å². The Morgan fingerprint density at radius 1 is 1.73 bits per heavy atom. The lowest BCUT2D eigenvalue weighted by Gasteiger charge is -2.38. The summed E-state index contributed by atoms with van der Waals surface area (Å²) in [5, 5.41) is 9.25. The van der Waals surface area contributed by atoms with Gasteiger partial charge in [-0.1, -0.05) is 0 Å². The second-order valence-electron chi connectivity index (χ2n) is 2.61. The highest BCUT2D eigenvalue weighted by molar-refractivity contribution is 5.46. The highest BCUT2D eigenvalue weighted by Gasteiger charge is 2.25. The molecule has 1 aromatic rings. The molecule has 1 N–H and O–H groups in total. The Labute approximate surface area is 65.3 Å². The van der Waals surface area contributed by atoms with Gasteiger partial charge in [-0.15, -0.1) is 0 Å². The van der Waals surface area contributed by atoms with E-state index in [1.165, 1.54) is 0 Å². The van der Waals surface area contributed by atoms with Gasteiger partial charge in [-0.25, -0.2) is 0 Å². The molecule has 0 aromatic carbocycles. The Kier molecular flexibility index (Phi) is 1.51. The largest absolute Gasteiger partial charge is 0.374 e. The number of aliphatic hydroxyl groups is 1. The van der Waals surface area contributed by atoms with Crippen LogP contribution >= 0.6 is 0 Å². The Balaban J connectivity index is 2.17. The lowest BCUT2D eigenvalue weighted by Crippen LogP contribution is -2.47. The molecule has 1 aromatic heterocycles. The van der Waals surface area contributed by atoms with Crippen LogP contribution in [0, 0.1) is 6.07 Å².